The van der Waals surface area contributed by atoms with Crippen molar-refractivity contribution in [2.45, 2.75) is 39.5 Å². The molecule has 0 radical (unpaired) electrons. The van der Waals surface area contributed by atoms with Crippen LogP contribution in [-0.2, 0) is 20.2 Å². The van der Waals surface area contributed by atoms with Crippen LogP contribution < -0.4 is 0 Å². The van der Waals surface area contributed by atoms with Crippen LogP contribution in [-0.4, -0.2) is 38.5 Å². The average Bonchev–Trinajstić information content (AvgIpc) is 1.94. The number of hydrogen-bond donors (Lipinski definition) is 0. The molecule has 0 aromatic carbocycles. The second kappa shape index (κ2) is 11.3. The first-order chi connectivity index (χ1) is 6.91. The Morgan fingerprint density at radius 3 is 0.938 bits per heavy atom. The van der Waals surface area contributed by atoms with Crippen LogP contribution in [0, 0.1) is 0 Å². The number of rotatable bonds is 3. The van der Waals surface area contributed by atoms with Gasteiger partial charge in [-0.3, -0.25) is 0 Å². The van der Waals surface area contributed by atoms with Crippen molar-refractivity contribution < 1.29 is 25.9 Å². The van der Waals surface area contributed by atoms with Gasteiger partial charge in [0, 0.05) is 12.5 Å². The fourth-order valence-corrected chi connectivity index (χ4v) is 0.500. The zero-order chi connectivity index (χ0) is 13.8. The molecule has 0 spiro atoms. The molecule has 0 fully saturated rings. The Bertz CT molecular complexity index is 266. The first-order valence-electron chi connectivity index (χ1n) is 4.73. The molecule has 0 aliphatic heterocycles. The lowest BCUT2D eigenvalue weighted by Crippen LogP contribution is -1.88. The van der Waals surface area contributed by atoms with Crippen LogP contribution in [0.5, 0.6) is 0 Å². The SMILES string of the molecule is CCCCCC.CS(=O)(=O)[O-].CS(=O)(=O)[O-]. The van der Waals surface area contributed by atoms with Crippen molar-refractivity contribution in [3.63, 3.8) is 0 Å². The molecule has 0 amide bonds. The number of unbranched alkanes of at least 4 members (excludes halogenated alkanes) is 3. The van der Waals surface area contributed by atoms with Crippen LogP contribution in [0.3, 0.4) is 0 Å². The van der Waals surface area contributed by atoms with Crippen LogP contribution in [0.2, 0.25) is 0 Å². The molecule has 0 rings (SSSR count). The van der Waals surface area contributed by atoms with E-state index in [1.54, 1.807) is 0 Å². The summed E-state index contributed by atoms with van der Waals surface area (Å²) in [5.41, 5.74) is 0. The summed E-state index contributed by atoms with van der Waals surface area (Å²) in [6.45, 7) is 4.46. The van der Waals surface area contributed by atoms with Crippen LogP contribution >= 0.6 is 0 Å². The highest BCUT2D eigenvalue weighted by Crippen LogP contribution is 1.95. The normalized spacial score (nSPS) is 10.6. The highest BCUT2D eigenvalue weighted by atomic mass is 32.2. The Labute approximate surface area is 98.6 Å². The standard InChI is InChI=1S/C6H14.2CH4O3S/c1-3-5-6-4-2;2*1-5(2,3)4/h3-6H2,1-2H3;2*1H3,(H,2,3,4)/p-2. The van der Waals surface area contributed by atoms with Gasteiger partial charge in [0.05, 0.1) is 20.2 Å². The Morgan fingerprint density at radius 1 is 0.750 bits per heavy atom. The lowest BCUT2D eigenvalue weighted by atomic mass is 10.2. The summed E-state index contributed by atoms with van der Waals surface area (Å²) in [7, 11) is -7.83. The van der Waals surface area contributed by atoms with E-state index in [1.807, 2.05) is 0 Å². The molecule has 16 heavy (non-hydrogen) atoms. The Balaban J connectivity index is -0.000000160. The van der Waals surface area contributed by atoms with Crippen molar-refractivity contribution in [3.8, 4) is 0 Å². The molecule has 102 valence electrons. The molecule has 0 aliphatic carbocycles. The minimum absolute atomic E-state index is 0.604. The van der Waals surface area contributed by atoms with Crippen LogP contribution in [0.1, 0.15) is 39.5 Å². The average molecular weight is 276 g/mol. The van der Waals surface area contributed by atoms with Crippen molar-refractivity contribution in [3.05, 3.63) is 0 Å². The van der Waals surface area contributed by atoms with Crippen LogP contribution in [0.4, 0.5) is 0 Å². The molecule has 0 bridgehead atoms. The van der Waals surface area contributed by atoms with Crippen molar-refractivity contribution in [1.82, 2.24) is 0 Å². The minimum Gasteiger partial charge on any atom is -0.748 e. The van der Waals surface area contributed by atoms with E-state index in [1.165, 1.54) is 25.7 Å². The predicted molar refractivity (Wildman–Crippen MR) is 61.1 cm³/mol. The minimum atomic E-state index is -3.92. The summed E-state index contributed by atoms with van der Waals surface area (Å²) in [5, 5.41) is 0. The van der Waals surface area contributed by atoms with Crippen molar-refractivity contribution >= 4 is 20.2 Å². The van der Waals surface area contributed by atoms with Crippen molar-refractivity contribution in [1.29, 1.82) is 0 Å². The van der Waals surface area contributed by atoms with E-state index in [2.05, 4.69) is 13.8 Å². The third-order valence-electron chi connectivity index (χ3n) is 0.957. The molecule has 6 nitrogen and oxygen atoms in total. The van der Waals surface area contributed by atoms with E-state index in [4.69, 9.17) is 25.9 Å². The second-order valence-electron chi connectivity index (χ2n) is 3.12. The summed E-state index contributed by atoms with van der Waals surface area (Å²) in [4.78, 5) is 0. The van der Waals surface area contributed by atoms with Gasteiger partial charge in [-0.1, -0.05) is 39.5 Å². The van der Waals surface area contributed by atoms with Gasteiger partial charge in [-0.2, -0.15) is 0 Å². The summed E-state index contributed by atoms with van der Waals surface area (Å²) in [6.07, 6.45) is 6.74. The van der Waals surface area contributed by atoms with Gasteiger partial charge in [0.25, 0.3) is 0 Å². The van der Waals surface area contributed by atoms with Crippen LogP contribution in [0.15, 0.2) is 0 Å². The lowest BCUT2D eigenvalue weighted by Gasteiger charge is -1.90. The molecule has 0 aromatic rings. The Hall–Kier alpha value is -0.180. The van der Waals surface area contributed by atoms with E-state index in [0.717, 1.165) is 0 Å². The van der Waals surface area contributed by atoms with Gasteiger partial charge in [-0.05, 0) is 0 Å². The highest BCUT2D eigenvalue weighted by molar-refractivity contribution is 7.85. The van der Waals surface area contributed by atoms with Gasteiger partial charge in [0.2, 0.25) is 0 Å². The molecule has 0 saturated carbocycles. The van der Waals surface area contributed by atoms with Gasteiger partial charge in [0.15, 0.2) is 0 Å². The maximum Gasteiger partial charge on any atom is 0.0916 e. The van der Waals surface area contributed by atoms with Gasteiger partial charge in [0.1, 0.15) is 0 Å². The third-order valence-corrected chi connectivity index (χ3v) is 0.957. The molecular weight excluding hydrogens is 256 g/mol. The van der Waals surface area contributed by atoms with E-state index in [9.17, 15) is 0 Å². The molecule has 0 aliphatic rings. The summed E-state index contributed by atoms with van der Waals surface area (Å²) in [5.74, 6) is 0. The third kappa shape index (κ3) is 286. The molecule has 0 heterocycles. The summed E-state index contributed by atoms with van der Waals surface area (Å²) < 4.78 is 54.5. The lowest BCUT2D eigenvalue weighted by molar-refractivity contribution is 0.468. The highest BCUT2D eigenvalue weighted by Gasteiger charge is 1.75. The first-order valence-corrected chi connectivity index (χ1v) is 8.36. The molecule has 0 N–H and O–H groups in total. The number of hydrogen-bond acceptors (Lipinski definition) is 6. The quantitative estimate of drug-likeness (QED) is 0.559. The molecule has 0 unspecified atom stereocenters. The van der Waals surface area contributed by atoms with E-state index in [0.29, 0.717) is 12.5 Å². The van der Waals surface area contributed by atoms with E-state index < -0.39 is 20.2 Å². The summed E-state index contributed by atoms with van der Waals surface area (Å²) >= 11 is 0. The maximum absolute atomic E-state index is 9.08. The van der Waals surface area contributed by atoms with Crippen molar-refractivity contribution in [2.24, 2.45) is 0 Å². The van der Waals surface area contributed by atoms with Gasteiger partial charge < -0.3 is 9.11 Å². The monoisotopic (exact) mass is 276 g/mol. The zero-order valence-corrected chi connectivity index (χ0v) is 11.7. The van der Waals surface area contributed by atoms with E-state index >= 15 is 0 Å². The Morgan fingerprint density at radius 2 is 0.875 bits per heavy atom. The Kier molecular flexibility index (Phi) is 14.9. The first kappa shape index (κ1) is 21.1. The van der Waals surface area contributed by atoms with Gasteiger partial charge in [-0.25, -0.2) is 16.8 Å². The largest absolute Gasteiger partial charge is 0.748 e. The second-order valence-corrected chi connectivity index (χ2v) is 5.93. The van der Waals surface area contributed by atoms with Crippen molar-refractivity contribution in [2.75, 3.05) is 12.5 Å². The smallest absolute Gasteiger partial charge is 0.0916 e. The fraction of sp³-hybridized carbons (Fsp3) is 1.00. The van der Waals surface area contributed by atoms with Gasteiger partial charge in [-0.15, -0.1) is 0 Å². The van der Waals surface area contributed by atoms with E-state index in [-0.39, 0.29) is 0 Å². The molecule has 0 aromatic heterocycles. The fourth-order valence-electron chi connectivity index (χ4n) is 0.500. The molecular formula is C8H20O6S2-2. The topological polar surface area (TPSA) is 114 Å². The predicted octanol–water partition coefficient (Wildman–Crippen LogP) is 0.909. The molecule has 8 heteroatoms. The molecule has 0 atom stereocenters. The molecule has 0 saturated heterocycles. The maximum atomic E-state index is 9.08. The van der Waals surface area contributed by atoms with Crippen LogP contribution in [0.25, 0.3) is 0 Å². The summed E-state index contributed by atoms with van der Waals surface area (Å²) in [6, 6.07) is 0. The van der Waals surface area contributed by atoms with Gasteiger partial charge >= 0.3 is 0 Å². The zero-order valence-electron chi connectivity index (χ0n) is 10.1.